The first-order chi connectivity index (χ1) is 10.0. The Balaban J connectivity index is 1.97. The van der Waals surface area contributed by atoms with E-state index in [-0.39, 0.29) is 5.41 Å². The van der Waals surface area contributed by atoms with Gasteiger partial charge in [-0.3, -0.25) is 4.68 Å². The molecule has 0 spiro atoms. The predicted octanol–water partition coefficient (Wildman–Crippen LogP) is 2.42. The SMILES string of the molecule is COCCNCc1ccnn1Cc1nc(C(C)(C)C)cs1. The van der Waals surface area contributed by atoms with Gasteiger partial charge in [-0.05, 0) is 6.07 Å². The second kappa shape index (κ2) is 7.15. The van der Waals surface area contributed by atoms with Crippen molar-refractivity contribution in [2.45, 2.75) is 39.3 Å². The molecule has 0 radical (unpaired) electrons. The molecule has 2 aromatic rings. The Labute approximate surface area is 130 Å². The normalized spacial score (nSPS) is 12.0. The molecular weight excluding hydrogens is 284 g/mol. The van der Waals surface area contributed by atoms with E-state index in [9.17, 15) is 0 Å². The lowest BCUT2D eigenvalue weighted by atomic mass is 9.93. The quantitative estimate of drug-likeness (QED) is 0.798. The first-order valence-corrected chi connectivity index (χ1v) is 8.04. The van der Waals surface area contributed by atoms with Crippen LogP contribution in [0.4, 0.5) is 0 Å². The summed E-state index contributed by atoms with van der Waals surface area (Å²) in [5.41, 5.74) is 2.41. The summed E-state index contributed by atoms with van der Waals surface area (Å²) in [5.74, 6) is 0. The molecule has 21 heavy (non-hydrogen) atoms. The first kappa shape index (κ1) is 16.1. The highest BCUT2D eigenvalue weighted by Crippen LogP contribution is 2.24. The van der Waals surface area contributed by atoms with Crippen LogP contribution in [0.25, 0.3) is 0 Å². The van der Waals surface area contributed by atoms with Crippen LogP contribution in [0, 0.1) is 0 Å². The van der Waals surface area contributed by atoms with Crippen molar-refractivity contribution in [2.75, 3.05) is 20.3 Å². The maximum atomic E-state index is 5.03. The highest BCUT2D eigenvalue weighted by atomic mass is 32.1. The molecule has 2 heterocycles. The smallest absolute Gasteiger partial charge is 0.114 e. The number of nitrogens with zero attached hydrogens (tertiary/aromatic N) is 3. The van der Waals surface area contributed by atoms with Crippen molar-refractivity contribution in [1.82, 2.24) is 20.1 Å². The Bertz CT molecular complexity index is 556. The van der Waals surface area contributed by atoms with Crippen molar-refractivity contribution in [2.24, 2.45) is 0 Å². The molecule has 2 aromatic heterocycles. The number of hydrogen-bond donors (Lipinski definition) is 1. The molecule has 116 valence electrons. The van der Waals surface area contributed by atoms with Gasteiger partial charge >= 0.3 is 0 Å². The Kier molecular flexibility index (Phi) is 5.50. The summed E-state index contributed by atoms with van der Waals surface area (Å²) in [6, 6.07) is 2.04. The molecule has 0 saturated carbocycles. The molecule has 0 saturated heterocycles. The predicted molar refractivity (Wildman–Crippen MR) is 85.7 cm³/mol. The molecule has 2 rings (SSSR count). The van der Waals surface area contributed by atoms with Crippen molar-refractivity contribution in [3.05, 3.63) is 34.0 Å². The number of rotatable bonds is 7. The fourth-order valence-electron chi connectivity index (χ4n) is 1.90. The molecular formula is C15H24N4OS. The van der Waals surface area contributed by atoms with Crippen molar-refractivity contribution in [3.8, 4) is 0 Å². The number of methoxy groups -OCH3 is 1. The zero-order valence-electron chi connectivity index (χ0n) is 13.2. The fourth-order valence-corrected chi connectivity index (χ4v) is 2.90. The maximum absolute atomic E-state index is 5.03. The van der Waals surface area contributed by atoms with Gasteiger partial charge in [-0.25, -0.2) is 4.98 Å². The van der Waals surface area contributed by atoms with E-state index in [2.05, 4.69) is 36.6 Å². The van der Waals surface area contributed by atoms with E-state index in [0.29, 0.717) is 0 Å². The largest absolute Gasteiger partial charge is 0.383 e. The van der Waals surface area contributed by atoms with Gasteiger partial charge in [0.25, 0.3) is 0 Å². The van der Waals surface area contributed by atoms with Crippen molar-refractivity contribution in [3.63, 3.8) is 0 Å². The van der Waals surface area contributed by atoms with Crippen molar-refractivity contribution >= 4 is 11.3 Å². The van der Waals surface area contributed by atoms with E-state index in [1.54, 1.807) is 18.4 Å². The van der Waals surface area contributed by atoms with E-state index in [1.807, 2.05) is 16.9 Å². The van der Waals surface area contributed by atoms with Gasteiger partial charge < -0.3 is 10.1 Å². The minimum absolute atomic E-state index is 0.101. The number of nitrogens with one attached hydrogen (secondary N) is 1. The molecule has 0 fully saturated rings. The standard InChI is InChI=1S/C15H24N4OS/c1-15(2,3)13-11-21-14(18-13)10-19-12(5-6-17-19)9-16-7-8-20-4/h5-6,11,16H,7-10H2,1-4H3. The summed E-state index contributed by atoms with van der Waals surface area (Å²) in [6.07, 6.45) is 1.84. The van der Waals surface area contributed by atoms with Gasteiger partial charge in [0.15, 0.2) is 0 Å². The van der Waals surface area contributed by atoms with E-state index >= 15 is 0 Å². The van der Waals surface area contributed by atoms with Gasteiger partial charge in [-0.1, -0.05) is 20.8 Å². The third-order valence-electron chi connectivity index (χ3n) is 3.20. The summed E-state index contributed by atoms with van der Waals surface area (Å²) in [6.45, 7) is 9.64. The molecule has 0 aliphatic carbocycles. The van der Waals surface area contributed by atoms with Crippen LogP contribution in [0.3, 0.4) is 0 Å². The molecule has 0 atom stereocenters. The van der Waals surface area contributed by atoms with Gasteiger partial charge in [0.05, 0.1) is 24.5 Å². The van der Waals surface area contributed by atoms with Crippen LogP contribution in [0.2, 0.25) is 0 Å². The molecule has 0 aromatic carbocycles. The van der Waals surface area contributed by atoms with Crippen LogP contribution >= 0.6 is 11.3 Å². The average Bonchev–Trinajstić information content (AvgIpc) is 3.04. The monoisotopic (exact) mass is 308 g/mol. The topological polar surface area (TPSA) is 52.0 Å². The van der Waals surface area contributed by atoms with E-state index in [4.69, 9.17) is 9.72 Å². The molecule has 0 aliphatic heterocycles. The minimum atomic E-state index is 0.101. The van der Waals surface area contributed by atoms with Gasteiger partial charge in [0.2, 0.25) is 0 Å². The Hall–Kier alpha value is -1.24. The number of aromatic nitrogens is 3. The molecule has 5 nitrogen and oxygen atoms in total. The van der Waals surface area contributed by atoms with E-state index < -0.39 is 0 Å². The summed E-state index contributed by atoms with van der Waals surface area (Å²) >= 11 is 1.70. The maximum Gasteiger partial charge on any atom is 0.114 e. The Morgan fingerprint density at radius 2 is 2.19 bits per heavy atom. The van der Waals surface area contributed by atoms with Crippen LogP contribution < -0.4 is 5.32 Å². The lowest BCUT2D eigenvalue weighted by molar-refractivity contribution is 0.199. The van der Waals surface area contributed by atoms with Crippen molar-refractivity contribution in [1.29, 1.82) is 0 Å². The summed E-state index contributed by atoms with van der Waals surface area (Å²) in [4.78, 5) is 4.72. The highest BCUT2D eigenvalue weighted by Gasteiger charge is 2.17. The van der Waals surface area contributed by atoms with Gasteiger partial charge in [-0.2, -0.15) is 5.10 Å². The summed E-state index contributed by atoms with van der Waals surface area (Å²) in [7, 11) is 1.71. The van der Waals surface area contributed by atoms with Crippen LogP contribution in [-0.2, 0) is 23.2 Å². The minimum Gasteiger partial charge on any atom is -0.383 e. The highest BCUT2D eigenvalue weighted by molar-refractivity contribution is 7.09. The van der Waals surface area contributed by atoms with Gasteiger partial charge in [0, 0.05) is 37.2 Å². The van der Waals surface area contributed by atoms with Crippen LogP contribution in [0.15, 0.2) is 17.6 Å². The Morgan fingerprint density at radius 3 is 2.86 bits per heavy atom. The van der Waals surface area contributed by atoms with E-state index in [1.165, 1.54) is 5.69 Å². The van der Waals surface area contributed by atoms with Gasteiger partial charge in [0.1, 0.15) is 5.01 Å². The summed E-state index contributed by atoms with van der Waals surface area (Å²) < 4.78 is 7.03. The Morgan fingerprint density at radius 1 is 1.38 bits per heavy atom. The first-order valence-electron chi connectivity index (χ1n) is 7.16. The van der Waals surface area contributed by atoms with Crippen LogP contribution in [0.1, 0.15) is 37.2 Å². The molecule has 6 heteroatoms. The van der Waals surface area contributed by atoms with E-state index in [0.717, 1.165) is 36.9 Å². The third-order valence-corrected chi connectivity index (χ3v) is 4.03. The zero-order chi connectivity index (χ0) is 15.3. The second-order valence-corrected chi connectivity index (χ2v) is 6.97. The number of ether oxygens (including phenoxy) is 1. The van der Waals surface area contributed by atoms with Crippen molar-refractivity contribution < 1.29 is 4.74 Å². The van der Waals surface area contributed by atoms with Crippen LogP contribution in [-0.4, -0.2) is 35.0 Å². The zero-order valence-corrected chi connectivity index (χ0v) is 14.0. The van der Waals surface area contributed by atoms with Gasteiger partial charge in [-0.15, -0.1) is 11.3 Å². The lowest BCUT2D eigenvalue weighted by Crippen LogP contribution is -2.21. The molecule has 1 N–H and O–H groups in total. The number of thiazole rings is 1. The average molecular weight is 308 g/mol. The summed E-state index contributed by atoms with van der Waals surface area (Å²) in [5, 5.41) is 11.0. The fraction of sp³-hybridized carbons (Fsp3) is 0.600. The third kappa shape index (κ3) is 4.62. The van der Waals surface area contributed by atoms with Crippen LogP contribution in [0.5, 0.6) is 0 Å². The lowest BCUT2D eigenvalue weighted by Gasteiger charge is -2.14. The molecule has 0 bridgehead atoms. The molecule has 0 aliphatic rings. The number of hydrogen-bond acceptors (Lipinski definition) is 5. The second-order valence-electron chi connectivity index (χ2n) is 6.03. The molecule has 0 amide bonds. The molecule has 0 unspecified atom stereocenters.